The van der Waals surface area contributed by atoms with Crippen molar-refractivity contribution in [1.29, 1.82) is 0 Å². The minimum absolute atomic E-state index is 0.552. The Bertz CT molecular complexity index is 351. The van der Waals surface area contributed by atoms with Crippen molar-refractivity contribution in [3.05, 3.63) is 18.2 Å². The first-order valence-electron chi connectivity index (χ1n) is 5.40. The van der Waals surface area contributed by atoms with Crippen LogP contribution in [0.2, 0.25) is 0 Å². The second-order valence-corrected chi connectivity index (χ2v) is 4.01. The first-order valence-corrected chi connectivity index (χ1v) is 5.40. The molecule has 1 N–H and O–H groups in total. The summed E-state index contributed by atoms with van der Waals surface area (Å²) in [6.07, 6.45) is 1.15. The van der Waals surface area contributed by atoms with Crippen molar-refractivity contribution in [2.24, 2.45) is 0 Å². The standard InChI is InChI=1S/C12H18N2O/c1-4-9-8-14(2)12-7-10(15-3)5-6-11(12)13-9/h5-7,9,13H,4,8H2,1-3H3. The fourth-order valence-corrected chi connectivity index (χ4v) is 2.00. The minimum Gasteiger partial charge on any atom is -0.497 e. The highest BCUT2D eigenvalue weighted by Gasteiger charge is 2.20. The zero-order valence-electron chi connectivity index (χ0n) is 9.58. The van der Waals surface area contributed by atoms with Gasteiger partial charge in [-0.15, -0.1) is 0 Å². The van der Waals surface area contributed by atoms with E-state index in [1.54, 1.807) is 7.11 Å². The number of rotatable bonds is 2. The summed E-state index contributed by atoms with van der Waals surface area (Å²) in [5.41, 5.74) is 2.43. The number of nitrogens with one attached hydrogen (secondary N) is 1. The Kier molecular flexibility index (Phi) is 2.71. The molecule has 0 fully saturated rings. The molecule has 82 valence electrons. The molecule has 1 aliphatic heterocycles. The largest absolute Gasteiger partial charge is 0.497 e. The lowest BCUT2D eigenvalue weighted by molar-refractivity contribution is 0.414. The van der Waals surface area contributed by atoms with E-state index in [-0.39, 0.29) is 0 Å². The van der Waals surface area contributed by atoms with Gasteiger partial charge in [-0.2, -0.15) is 0 Å². The topological polar surface area (TPSA) is 24.5 Å². The molecule has 1 unspecified atom stereocenters. The van der Waals surface area contributed by atoms with Crippen molar-refractivity contribution < 1.29 is 4.74 Å². The summed E-state index contributed by atoms with van der Waals surface area (Å²) in [4.78, 5) is 2.28. The van der Waals surface area contributed by atoms with Gasteiger partial charge in [0.05, 0.1) is 18.5 Å². The summed E-state index contributed by atoms with van der Waals surface area (Å²) >= 11 is 0. The second kappa shape index (κ2) is 4.01. The highest BCUT2D eigenvalue weighted by molar-refractivity contribution is 5.74. The van der Waals surface area contributed by atoms with Crippen molar-refractivity contribution in [2.75, 3.05) is 30.9 Å². The average molecular weight is 206 g/mol. The van der Waals surface area contributed by atoms with Gasteiger partial charge in [0, 0.05) is 25.7 Å². The van der Waals surface area contributed by atoms with Crippen LogP contribution in [0.15, 0.2) is 18.2 Å². The summed E-state index contributed by atoms with van der Waals surface area (Å²) in [6, 6.07) is 6.72. The normalized spacial score (nSPS) is 19.4. The molecule has 15 heavy (non-hydrogen) atoms. The monoisotopic (exact) mass is 206 g/mol. The quantitative estimate of drug-likeness (QED) is 0.803. The van der Waals surface area contributed by atoms with Crippen LogP contribution in [0, 0.1) is 0 Å². The van der Waals surface area contributed by atoms with E-state index < -0.39 is 0 Å². The lowest BCUT2D eigenvalue weighted by Gasteiger charge is -2.34. The summed E-state index contributed by atoms with van der Waals surface area (Å²) < 4.78 is 5.23. The van der Waals surface area contributed by atoms with Gasteiger partial charge in [-0.05, 0) is 18.6 Å². The average Bonchev–Trinajstić information content (AvgIpc) is 2.28. The van der Waals surface area contributed by atoms with Crippen LogP contribution in [0.5, 0.6) is 5.75 Å². The third-order valence-corrected chi connectivity index (χ3v) is 2.96. The number of nitrogens with zero attached hydrogens (tertiary/aromatic N) is 1. The number of benzene rings is 1. The molecule has 1 aliphatic rings. The maximum absolute atomic E-state index is 5.23. The molecule has 3 heteroatoms. The van der Waals surface area contributed by atoms with Crippen molar-refractivity contribution in [3.8, 4) is 5.75 Å². The maximum Gasteiger partial charge on any atom is 0.121 e. The Balaban J connectivity index is 2.32. The molecular weight excluding hydrogens is 188 g/mol. The summed E-state index contributed by atoms with van der Waals surface area (Å²) in [7, 11) is 3.83. The van der Waals surface area contributed by atoms with Crippen LogP contribution in [0.3, 0.4) is 0 Å². The Labute approximate surface area is 91.0 Å². The van der Waals surface area contributed by atoms with Crippen molar-refractivity contribution in [1.82, 2.24) is 0 Å². The van der Waals surface area contributed by atoms with Crippen LogP contribution >= 0.6 is 0 Å². The van der Waals surface area contributed by atoms with Gasteiger partial charge in [0.1, 0.15) is 5.75 Å². The fraction of sp³-hybridized carbons (Fsp3) is 0.500. The predicted molar refractivity (Wildman–Crippen MR) is 64.0 cm³/mol. The number of methoxy groups -OCH3 is 1. The smallest absolute Gasteiger partial charge is 0.121 e. The first kappa shape index (κ1) is 10.1. The Morgan fingerprint density at radius 3 is 3.00 bits per heavy atom. The van der Waals surface area contributed by atoms with Gasteiger partial charge in [-0.25, -0.2) is 0 Å². The van der Waals surface area contributed by atoms with E-state index in [2.05, 4.69) is 36.3 Å². The zero-order valence-corrected chi connectivity index (χ0v) is 9.58. The molecule has 3 nitrogen and oxygen atoms in total. The maximum atomic E-state index is 5.23. The molecule has 0 aliphatic carbocycles. The van der Waals surface area contributed by atoms with Gasteiger partial charge in [-0.3, -0.25) is 0 Å². The number of likely N-dealkylation sites (N-methyl/N-ethyl adjacent to an activating group) is 1. The highest BCUT2D eigenvalue weighted by atomic mass is 16.5. The molecule has 1 aromatic carbocycles. The number of anilines is 2. The van der Waals surface area contributed by atoms with Gasteiger partial charge >= 0.3 is 0 Å². The van der Waals surface area contributed by atoms with Crippen LogP contribution in [-0.2, 0) is 0 Å². The Hall–Kier alpha value is -1.38. The van der Waals surface area contributed by atoms with Crippen molar-refractivity contribution >= 4 is 11.4 Å². The zero-order chi connectivity index (χ0) is 10.8. The number of fused-ring (bicyclic) bond motifs is 1. The van der Waals surface area contributed by atoms with E-state index in [1.807, 2.05) is 6.07 Å². The molecule has 2 rings (SSSR count). The summed E-state index contributed by atoms with van der Waals surface area (Å²) in [5.74, 6) is 0.914. The van der Waals surface area contributed by atoms with Crippen LogP contribution in [-0.4, -0.2) is 26.7 Å². The molecule has 1 atom stereocenters. The van der Waals surface area contributed by atoms with Gasteiger partial charge in [-0.1, -0.05) is 6.92 Å². The lowest BCUT2D eigenvalue weighted by atomic mass is 10.1. The fourth-order valence-electron chi connectivity index (χ4n) is 2.00. The molecule has 0 saturated heterocycles. The Morgan fingerprint density at radius 2 is 2.33 bits per heavy atom. The molecule has 0 radical (unpaired) electrons. The van der Waals surface area contributed by atoms with E-state index in [1.165, 1.54) is 11.4 Å². The second-order valence-electron chi connectivity index (χ2n) is 4.01. The molecule has 0 saturated carbocycles. The lowest BCUT2D eigenvalue weighted by Crippen LogP contribution is -2.38. The van der Waals surface area contributed by atoms with Crippen LogP contribution in [0.4, 0.5) is 11.4 Å². The number of ether oxygens (including phenoxy) is 1. The molecular formula is C12H18N2O. The number of hydrogen-bond donors (Lipinski definition) is 1. The molecule has 0 spiro atoms. The van der Waals surface area contributed by atoms with E-state index in [9.17, 15) is 0 Å². The van der Waals surface area contributed by atoms with Crippen LogP contribution in [0.1, 0.15) is 13.3 Å². The molecule has 1 aromatic rings. The number of hydrogen-bond acceptors (Lipinski definition) is 3. The van der Waals surface area contributed by atoms with Gasteiger partial charge in [0.2, 0.25) is 0 Å². The SMILES string of the molecule is CCC1CN(C)c2cc(OC)ccc2N1. The van der Waals surface area contributed by atoms with Crippen LogP contribution in [0.25, 0.3) is 0 Å². The van der Waals surface area contributed by atoms with Crippen molar-refractivity contribution in [2.45, 2.75) is 19.4 Å². The van der Waals surface area contributed by atoms with Gasteiger partial charge in [0.25, 0.3) is 0 Å². The minimum atomic E-state index is 0.552. The van der Waals surface area contributed by atoms with E-state index in [4.69, 9.17) is 4.74 Å². The Morgan fingerprint density at radius 1 is 1.53 bits per heavy atom. The van der Waals surface area contributed by atoms with E-state index in [0.717, 1.165) is 18.7 Å². The molecule has 0 aromatic heterocycles. The molecule has 1 heterocycles. The van der Waals surface area contributed by atoms with Gasteiger partial charge in [0.15, 0.2) is 0 Å². The van der Waals surface area contributed by atoms with Crippen LogP contribution < -0.4 is 15.0 Å². The third-order valence-electron chi connectivity index (χ3n) is 2.96. The summed E-state index contributed by atoms with van der Waals surface area (Å²) in [5, 5.41) is 3.53. The van der Waals surface area contributed by atoms with Gasteiger partial charge < -0.3 is 15.0 Å². The van der Waals surface area contributed by atoms with Crippen molar-refractivity contribution in [3.63, 3.8) is 0 Å². The first-order chi connectivity index (χ1) is 7.24. The highest BCUT2D eigenvalue weighted by Crippen LogP contribution is 2.33. The summed E-state index contributed by atoms with van der Waals surface area (Å²) in [6.45, 7) is 3.26. The van der Waals surface area contributed by atoms with E-state index in [0.29, 0.717) is 6.04 Å². The predicted octanol–water partition coefficient (Wildman–Crippen LogP) is 2.34. The third kappa shape index (κ3) is 1.87. The molecule has 0 amide bonds. The van der Waals surface area contributed by atoms with E-state index >= 15 is 0 Å². The molecule has 0 bridgehead atoms.